The van der Waals surface area contributed by atoms with Crippen LogP contribution in [0, 0.1) is 11.6 Å². The van der Waals surface area contributed by atoms with E-state index in [-0.39, 0.29) is 48.0 Å². The number of hydrogen-bond acceptors (Lipinski definition) is 5. The lowest BCUT2D eigenvalue weighted by atomic mass is 9.90. The van der Waals surface area contributed by atoms with Crippen LogP contribution in [0.3, 0.4) is 0 Å². The second-order valence-corrected chi connectivity index (χ2v) is 11.3. The lowest BCUT2D eigenvalue weighted by Crippen LogP contribution is -2.46. The highest BCUT2D eigenvalue weighted by atomic mass is 79.9. The monoisotopic (exact) mass is 606 g/mol. The number of nitrogens with two attached hydrogens (primary N) is 1. The number of hydrogen-bond donors (Lipinski definition) is 2. The summed E-state index contributed by atoms with van der Waals surface area (Å²) in [5, 5.41) is 3.09. The standard InChI is InChI=1S/C26H21BrF2N4O2S.ClH/c27-19-5-11-22(12-6-19)36(34,35)33-14-18(13-16-1-7-20(28)8-2-16)25-23(15-33)24(31-26(30)32-25)17-3-9-21(29)10-4-17;/h1-13,24H,14-15H2,(H3,30,31,32);1H/b18-13+;. The molecule has 2 aliphatic heterocycles. The SMILES string of the molecule is Cl.NC1=NC(c2ccc(F)cc2)C2=C(N1)/C(=C/c1ccc(F)cc1)CN(S(=O)(=O)c1ccc(Br)cc1)C2. The molecule has 0 bridgehead atoms. The molecular weight excluding hydrogens is 586 g/mol. The summed E-state index contributed by atoms with van der Waals surface area (Å²) in [4.78, 5) is 4.67. The number of rotatable bonds is 4. The molecular formula is C26H22BrClF2N4O2S. The molecule has 11 heteroatoms. The highest BCUT2D eigenvalue weighted by Gasteiger charge is 2.37. The summed E-state index contributed by atoms with van der Waals surface area (Å²) in [5.41, 5.74) is 9.47. The van der Waals surface area contributed by atoms with Crippen LogP contribution in [0.4, 0.5) is 8.78 Å². The Bertz CT molecular complexity index is 1510. The van der Waals surface area contributed by atoms with Crippen LogP contribution >= 0.6 is 28.3 Å². The van der Waals surface area contributed by atoms with Crippen LogP contribution in [0.5, 0.6) is 0 Å². The van der Waals surface area contributed by atoms with E-state index in [4.69, 9.17) is 5.73 Å². The lowest BCUT2D eigenvalue weighted by molar-refractivity contribution is 0.436. The highest BCUT2D eigenvalue weighted by Crippen LogP contribution is 2.38. The van der Waals surface area contributed by atoms with Gasteiger partial charge < -0.3 is 11.1 Å². The van der Waals surface area contributed by atoms with Gasteiger partial charge in [0.05, 0.1) is 4.90 Å². The van der Waals surface area contributed by atoms with Crippen molar-refractivity contribution in [2.45, 2.75) is 10.9 Å². The zero-order valence-electron chi connectivity index (χ0n) is 19.2. The van der Waals surface area contributed by atoms with E-state index in [0.29, 0.717) is 28.0 Å². The molecule has 3 N–H and O–H groups in total. The molecule has 2 heterocycles. The summed E-state index contributed by atoms with van der Waals surface area (Å²) < 4.78 is 56.5. The van der Waals surface area contributed by atoms with Gasteiger partial charge in [0.1, 0.15) is 17.7 Å². The Morgan fingerprint density at radius 1 is 0.946 bits per heavy atom. The first-order valence-electron chi connectivity index (χ1n) is 11.0. The molecule has 37 heavy (non-hydrogen) atoms. The molecule has 0 radical (unpaired) electrons. The number of benzene rings is 3. The normalized spacial score (nSPS) is 19.1. The zero-order valence-corrected chi connectivity index (χ0v) is 22.5. The minimum atomic E-state index is -3.88. The number of nitrogens with one attached hydrogen (secondary N) is 1. The third-order valence-electron chi connectivity index (χ3n) is 6.04. The van der Waals surface area contributed by atoms with Gasteiger partial charge in [-0.15, -0.1) is 12.4 Å². The van der Waals surface area contributed by atoms with E-state index < -0.39 is 16.1 Å². The quantitative estimate of drug-likeness (QED) is 0.430. The average molecular weight is 608 g/mol. The molecule has 5 rings (SSSR count). The van der Waals surface area contributed by atoms with Gasteiger partial charge in [-0.1, -0.05) is 40.2 Å². The van der Waals surface area contributed by atoms with Crippen molar-refractivity contribution in [3.63, 3.8) is 0 Å². The fraction of sp³-hybridized carbons (Fsp3) is 0.115. The molecule has 0 saturated carbocycles. The fourth-order valence-electron chi connectivity index (χ4n) is 4.29. The summed E-state index contributed by atoms with van der Waals surface area (Å²) in [6.07, 6.45) is 1.80. The maximum atomic E-state index is 13.6. The molecule has 6 nitrogen and oxygen atoms in total. The molecule has 0 saturated heterocycles. The first kappa shape index (κ1) is 27.0. The van der Waals surface area contributed by atoms with Crippen molar-refractivity contribution in [2.24, 2.45) is 10.7 Å². The first-order chi connectivity index (χ1) is 17.2. The summed E-state index contributed by atoms with van der Waals surface area (Å²) in [5.74, 6) is -0.597. The van der Waals surface area contributed by atoms with Gasteiger partial charge in [-0.05, 0) is 76.9 Å². The number of guanidine groups is 1. The van der Waals surface area contributed by atoms with Crippen molar-refractivity contribution >= 4 is 50.4 Å². The smallest absolute Gasteiger partial charge is 0.243 e. The molecule has 0 amide bonds. The summed E-state index contributed by atoms with van der Waals surface area (Å²) in [6, 6.07) is 17.6. The molecule has 1 unspecified atom stereocenters. The van der Waals surface area contributed by atoms with E-state index in [9.17, 15) is 17.2 Å². The van der Waals surface area contributed by atoms with Crippen LogP contribution in [-0.4, -0.2) is 31.8 Å². The van der Waals surface area contributed by atoms with Crippen LogP contribution in [0.15, 0.2) is 104 Å². The molecule has 0 fully saturated rings. The molecule has 0 aromatic heterocycles. The van der Waals surface area contributed by atoms with Crippen LogP contribution in [-0.2, 0) is 10.0 Å². The van der Waals surface area contributed by atoms with Crippen molar-refractivity contribution in [1.29, 1.82) is 0 Å². The molecule has 0 spiro atoms. The van der Waals surface area contributed by atoms with Crippen LogP contribution < -0.4 is 11.1 Å². The Kier molecular flexibility index (Phi) is 7.84. The number of halogens is 4. The van der Waals surface area contributed by atoms with Gasteiger partial charge in [-0.3, -0.25) is 0 Å². The largest absolute Gasteiger partial charge is 0.370 e. The van der Waals surface area contributed by atoms with E-state index in [0.717, 1.165) is 4.47 Å². The molecule has 1 atom stereocenters. The Morgan fingerprint density at radius 2 is 1.54 bits per heavy atom. The molecule has 3 aromatic carbocycles. The van der Waals surface area contributed by atoms with Crippen LogP contribution in [0.1, 0.15) is 17.2 Å². The lowest BCUT2D eigenvalue weighted by Gasteiger charge is -2.37. The van der Waals surface area contributed by atoms with Gasteiger partial charge in [-0.2, -0.15) is 4.31 Å². The van der Waals surface area contributed by atoms with Crippen molar-refractivity contribution in [3.05, 3.63) is 117 Å². The predicted octanol–water partition coefficient (Wildman–Crippen LogP) is 5.15. The fourth-order valence-corrected chi connectivity index (χ4v) is 5.95. The van der Waals surface area contributed by atoms with Gasteiger partial charge in [0.15, 0.2) is 5.96 Å². The first-order valence-corrected chi connectivity index (χ1v) is 13.2. The van der Waals surface area contributed by atoms with E-state index in [1.807, 2.05) is 0 Å². The van der Waals surface area contributed by atoms with Gasteiger partial charge in [0.25, 0.3) is 0 Å². The van der Waals surface area contributed by atoms with E-state index >= 15 is 0 Å². The maximum absolute atomic E-state index is 13.6. The average Bonchev–Trinajstić information content (AvgIpc) is 2.86. The second kappa shape index (κ2) is 10.7. The Morgan fingerprint density at radius 3 is 2.16 bits per heavy atom. The van der Waals surface area contributed by atoms with Gasteiger partial charge in [-0.25, -0.2) is 22.2 Å². The molecule has 192 valence electrons. The minimum absolute atomic E-state index is 0. The van der Waals surface area contributed by atoms with Crippen LogP contribution in [0.25, 0.3) is 6.08 Å². The van der Waals surface area contributed by atoms with Gasteiger partial charge in [0.2, 0.25) is 10.0 Å². The Labute approximate surface area is 228 Å². The minimum Gasteiger partial charge on any atom is -0.370 e. The third-order valence-corrected chi connectivity index (χ3v) is 8.37. The van der Waals surface area contributed by atoms with Crippen molar-refractivity contribution in [2.75, 3.05) is 13.1 Å². The number of aliphatic imine (C=N–C) groups is 1. The molecule has 0 aliphatic carbocycles. The Balaban J connectivity index is 0.00000320. The number of nitrogens with zero attached hydrogens (tertiary/aromatic N) is 2. The summed E-state index contributed by atoms with van der Waals surface area (Å²) in [7, 11) is -3.88. The molecule has 3 aromatic rings. The highest BCUT2D eigenvalue weighted by molar-refractivity contribution is 9.10. The van der Waals surface area contributed by atoms with Gasteiger partial charge >= 0.3 is 0 Å². The van der Waals surface area contributed by atoms with E-state index in [1.165, 1.54) is 28.6 Å². The topological polar surface area (TPSA) is 87.8 Å². The Hall–Kier alpha value is -3.05. The van der Waals surface area contributed by atoms with Crippen molar-refractivity contribution in [3.8, 4) is 0 Å². The summed E-state index contributed by atoms with van der Waals surface area (Å²) in [6.45, 7) is 0.116. The number of sulfonamides is 1. The maximum Gasteiger partial charge on any atom is 0.243 e. The van der Waals surface area contributed by atoms with Crippen LogP contribution in [0.2, 0.25) is 0 Å². The second-order valence-electron chi connectivity index (χ2n) is 8.44. The van der Waals surface area contributed by atoms with E-state index in [1.54, 1.807) is 54.6 Å². The summed E-state index contributed by atoms with van der Waals surface area (Å²) >= 11 is 3.34. The van der Waals surface area contributed by atoms with Crippen molar-refractivity contribution in [1.82, 2.24) is 9.62 Å². The van der Waals surface area contributed by atoms with Gasteiger partial charge in [0, 0.05) is 23.3 Å². The van der Waals surface area contributed by atoms with Crippen molar-refractivity contribution < 1.29 is 17.2 Å². The zero-order chi connectivity index (χ0) is 25.4. The molecule has 2 aliphatic rings. The predicted molar refractivity (Wildman–Crippen MR) is 145 cm³/mol. The third kappa shape index (κ3) is 5.62. The van der Waals surface area contributed by atoms with E-state index in [2.05, 4.69) is 26.2 Å².